The van der Waals surface area contributed by atoms with Crippen molar-refractivity contribution in [2.45, 2.75) is 33.0 Å². The Hall–Kier alpha value is -1.94. The third kappa shape index (κ3) is 4.01. The Balaban J connectivity index is 2.09. The van der Waals surface area contributed by atoms with Crippen LogP contribution in [-0.4, -0.2) is 25.5 Å². The summed E-state index contributed by atoms with van der Waals surface area (Å²) in [5, 5.41) is 0. The molecule has 0 N–H and O–H groups in total. The highest BCUT2D eigenvalue weighted by atomic mass is 31.2. The van der Waals surface area contributed by atoms with E-state index in [4.69, 9.17) is 9.05 Å². The first-order valence-corrected chi connectivity index (χ1v) is 11.0. The molecule has 0 aliphatic carbocycles. The van der Waals surface area contributed by atoms with E-state index in [-0.39, 0.29) is 5.78 Å². The lowest BCUT2D eigenvalue weighted by Crippen LogP contribution is -2.36. The third-order valence-corrected chi connectivity index (χ3v) is 7.17. The summed E-state index contributed by atoms with van der Waals surface area (Å²) in [4.78, 5) is 13.7. The molecule has 1 aliphatic rings. The van der Waals surface area contributed by atoms with E-state index in [1.807, 2.05) is 56.3 Å². The number of anilines is 1. The zero-order valence-electron chi connectivity index (χ0n) is 16.1. The van der Waals surface area contributed by atoms with Crippen LogP contribution in [0.25, 0.3) is 0 Å². The van der Waals surface area contributed by atoms with Crippen LogP contribution in [0.5, 0.6) is 0 Å². The number of carbonyl (C=O) groups is 1. The van der Waals surface area contributed by atoms with Crippen LogP contribution in [0.1, 0.15) is 48.0 Å². The molecule has 5 nitrogen and oxygen atoms in total. The number of rotatable bonds is 7. The first-order chi connectivity index (χ1) is 13.0. The molecule has 144 valence electrons. The van der Waals surface area contributed by atoms with Crippen molar-refractivity contribution >= 4 is 19.1 Å². The van der Waals surface area contributed by atoms with Gasteiger partial charge in [0.05, 0.1) is 13.2 Å². The maximum Gasteiger partial charge on any atom is 0.357 e. The van der Waals surface area contributed by atoms with Gasteiger partial charge in [-0.2, -0.15) is 0 Å². The zero-order chi connectivity index (χ0) is 19.4. The highest BCUT2D eigenvalue weighted by molar-refractivity contribution is 7.54. The molecule has 0 saturated heterocycles. The van der Waals surface area contributed by atoms with Crippen LogP contribution in [0, 0.1) is 0 Å². The predicted molar refractivity (Wildman–Crippen MR) is 108 cm³/mol. The van der Waals surface area contributed by atoms with Crippen molar-refractivity contribution in [2.75, 3.05) is 24.7 Å². The largest absolute Gasteiger partial charge is 0.357 e. The topological polar surface area (TPSA) is 55.8 Å². The van der Waals surface area contributed by atoms with E-state index in [1.54, 1.807) is 6.92 Å². The van der Waals surface area contributed by atoms with Gasteiger partial charge in [0, 0.05) is 17.8 Å². The van der Waals surface area contributed by atoms with E-state index in [1.165, 1.54) is 5.56 Å². The Morgan fingerprint density at radius 3 is 2.30 bits per heavy atom. The van der Waals surface area contributed by atoms with Gasteiger partial charge in [-0.15, -0.1) is 0 Å². The summed E-state index contributed by atoms with van der Waals surface area (Å²) in [5.74, 6) is -0.484. The third-order valence-electron chi connectivity index (χ3n) is 4.77. The quantitative estimate of drug-likeness (QED) is 0.482. The van der Waals surface area contributed by atoms with Gasteiger partial charge in [-0.05, 0) is 62.6 Å². The first kappa shape index (κ1) is 19.8. The first-order valence-electron chi connectivity index (χ1n) is 9.34. The van der Waals surface area contributed by atoms with E-state index in [9.17, 15) is 9.36 Å². The number of nitrogens with zero attached hydrogens (tertiary/aromatic N) is 1. The number of benzene rings is 2. The fraction of sp³-hybridized carbons (Fsp3) is 0.381. The number of hydrogen-bond acceptors (Lipinski definition) is 5. The second-order valence-electron chi connectivity index (χ2n) is 6.49. The van der Waals surface area contributed by atoms with Crippen LogP contribution < -0.4 is 4.90 Å². The lowest BCUT2D eigenvalue weighted by Gasteiger charge is -2.41. The van der Waals surface area contributed by atoms with Crippen LogP contribution in [0.3, 0.4) is 0 Å². The van der Waals surface area contributed by atoms with Crippen molar-refractivity contribution < 1.29 is 18.4 Å². The number of Topliss-reactive ketones (excluding diaryl/α,β-unsaturated/α-hetero) is 1. The molecule has 0 saturated carbocycles. The van der Waals surface area contributed by atoms with Gasteiger partial charge in [-0.3, -0.25) is 9.36 Å². The Kier molecular flexibility index (Phi) is 6.15. The summed E-state index contributed by atoms with van der Waals surface area (Å²) >= 11 is 0. The standard InChI is InChI=1S/C21H26NO4P/c1-4-25-27(24,26-5-2)21-20-9-7-6-8-18(20)14-15-22(21)19-12-10-17(11-13-19)16(3)23/h6-13,21H,4-5,14-15H2,1-3H3. The molecular formula is C21H26NO4P. The average Bonchev–Trinajstić information content (AvgIpc) is 2.67. The molecule has 2 aromatic rings. The molecular weight excluding hydrogens is 361 g/mol. The monoisotopic (exact) mass is 387 g/mol. The second kappa shape index (κ2) is 8.39. The molecule has 1 heterocycles. The van der Waals surface area contributed by atoms with Gasteiger partial charge < -0.3 is 13.9 Å². The van der Waals surface area contributed by atoms with E-state index in [2.05, 4.69) is 11.0 Å². The number of ketones is 1. The van der Waals surface area contributed by atoms with Crippen LogP contribution >= 0.6 is 7.60 Å². The average molecular weight is 387 g/mol. The maximum absolute atomic E-state index is 13.7. The number of hydrogen-bond donors (Lipinski definition) is 0. The van der Waals surface area contributed by atoms with Crippen molar-refractivity contribution in [2.24, 2.45) is 0 Å². The fourth-order valence-electron chi connectivity index (χ4n) is 3.58. The summed E-state index contributed by atoms with van der Waals surface area (Å²) in [7, 11) is -3.42. The minimum absolute atomic E-state index is 0.0244. The Morgan fingerprint density at radius 2 is 1.70 bits per heavy atom. The van der Waals surface area contributed by atoms with Crippen molar-refractivity contribution in [3.63, 3.8) is 0 Å². The predicted octanol–water partition coefficient (Wildman–Crippen LogP) is 5.22. The highest BCUT2D eigenvalue weighted by Gasteiger charge is 2.44. The lowest BCUT2D eigenvalue weighted by molar-refractivity contribution is 0.101. The number of carbonyl (C=O) groups excluding carboxylic acids is 1. The summed E-state index contributed by atoms with van der Waals surface area (Å²) in [5.41, 5.74) is 3.70. The van der Waals surface area contributed by atoms with Crippen molar-refractivity contribution in [3.05, 3.63) is 65.2 Å². The molecule has 27 heavy (non-hydrogen) atoms. The zero-order valence-corrected chi connectivity index (χ0v) is 16.9. The van der Waals surface area contributed by atoms with E-state index in [0.29, 0.717) is 25.3 Å². The van der Waals surface area contributed by atoms with Crippen LogP contribution in [0.2, 0.25) is 0 Å². The molecule has 0 aromatic heterocycles. The molecule has 1 atom stereocenters. The summed E-state index contributed by atoms with van der Waals surface area (Å²) < 4.78 is 25.2. The molecule has 2 aromatic carbocycles. The van der Waals surface area contributed by atoms with Crippen molar-refractivity contribution in [3.8, 4) is 0 Å². The van der Waals surface area contributed by atoms with Gasteiger partial charge in [0.2, 0.25) is 0 Å². The van der Waals surface area contributed by atoms with E-state index >= 15 is 0 Å². The summed E-state index contributed by atoms with van der Waals surface area (Å²) in [6.45, 7) is 6.53. The fourth-order valence-corrected chi connectivity index (χ4v) is 5.84. The molecule has 1 aliphatic heterocycles. The molecule has 0 fully saturated rings. The smallest absolute Gasteiger partial charge is 0.353 e. The van der Waals surface area contributed by atoms with Gasteiger partial charge >= 0.3 is 7.60 Å². The SMILES string of the molecule is CCOP(=O)(OCC)C1c2ccccc2CCN1c1ccc(C(C)=O)cc1. The number of fused-ring (bicyclic) bond motifs is 1. The Morgan fingerprint density at radius 1 is 1.07 bits per heavy atom. The molecule has 0 radical (unpaired) electrons. The van der Waals surface area contributed by atoms with Crippen molar-refractivity contribution in [1.29, 1.82) is 0 Å². The van der Waals surface area contributed by atoms with E-state index < -0.39 is 13.4 Å². The highest BCUT2D eigenvalue weighted by Crippen LogP contribution is 2.64. The lowest BCUT2D eigenvalue weighted by atomic mass is 9.99. The minimum atomic E-state index is -3.42. The molecule has 0 bridgehead atoms. The van der Waals surface area contributed by atoms with E-state index in [0.717, 1.165) is 17.7 Å². The van der Waals surface area contributed by atoms with Crippen LogP contribution in [0.4, 0.5) is 5.69 Å². The van der Waals surface area contributed by atoms with Gasteiger partial charge in [0.1, 0.15) is 0 Å². The maximum atomic E-state index is 13.7. The Bertz CT molecular complexity index is 840. The van der Waals surface area contributed by atoms with Gasteiger partial charge in [-0.1, -0.05) is 24.3 Å². The molecule has 6 heteroatoms. The summed E-state index contributed by atoms with van der Waals surface area (Å²) in [6.07, 6.45) is 0.847. The van der Waals surface area contributed by atoms with Crippen LogP contribution in [-0.2, 0) is 20.0 Å². The molecule has 3 rings (SSSR count). The molecule has 1 unspecified atom stereocenters. The second-order valence-corrected chi connectivity index (χ2v) is 8.58. The minimum Gasteiger partial charge on any atom is -0.353 e. The Labute approximate surface area is 160 Å². The van der Waals surface area contributed by atoms with Gasteiger partial charge in [-0.25, -0.2) is 0 Å². The summed E-state index contributed by atoms with van der Waals surface area (Å²) in [6, 6.07) is 15.4. The van der Waals surface area contributed by atoms with Gasteiger partial charge in [0.25, 0.3) is 0 Å². The van der Waals surface area contributed by atoms with Crippen molar-refractivity contribution in [1.82, 2.24) is 0 Å². The molecule has 0 spiro atoms. The van der Waals surface area contributed by atoms with Gasteiger partial charge in [0.15, 0.2) is 11.6 Å². The normalized spacial score (nSPS) is 16.9. The van der Waals surface area contributed by atoms with Crippen LogP contribution in [0.15, 0.2) is 48.5 Å². The molecule has 0 amide bonds.